The Morgan fingerprint density at radius 3 is 2.62 bits per heavy atom. The summed E-state index contributed by atoms with van der Waals surface area (Å²) in [6, 6.07) is 2.86. The van der Waals surface area contributed by atoms with E-state index in [2.05, 4.69) is 5.32 Å². The van der Waals surface area contributed by atoms with Crippen LogP contribution in [0, 0.1) is 21.8 Å². The first-order valence-electron chi connectivity index (χ1n) is 6.65. The van der Waals surface area contributed by atoms with Gasteiger partial charge in [-0.2, -0.15) is 0 Å². The maximum Gasteiger partial charge on any atom is 0.285 e. The molecule has 1 amide bonds. The second kappa shape index (κ2) is 6.62. The molecular weight excluding hydrogens is 277 g/mol. The highest BCUT2D eigenvalue weighted by atomic mass is 19.1. The van der Waals surface area contributed by atoms with Gasteiger partial charge < -0.3 is 11.1 Å². The highest BCUT2D eigenvalue weighted by Gasteiger charge is 2.29. The highest BCUT2D eigenvalue weighted by Crippen LogP contribution is 2.22. The van der Waals surface area contributed by atoms with Gasteiger partial charge in [0.1, 0.15) is 11.4 Å². The third-order valence-electron chi connectivity index (χ3n) is 3.13. The minimum atomic E-state index is -0.778. The lowest BCUT2D eigenvalue weighted by molar-refractivity contribution is -0.385. The van der Waals surface area contributed by atoms with E-state index >= 15 is 0 Å². The van der Waals surface area contributed by atoms with Crippen molar-refractivity contribution in [2.75, 3.05) is 6.54 Å². The topological polar surface area (TPSA) is 98.3 Å². The summed E-state index contributed by atoms with van der Waals surface area (Å²) in [5.74, 6) is -1.10. The Bertz CT molecular complexity index is 548. The predicted octanol–water partition coefficient (Wildman–Crippen LogP) is 2.23. The van der Waals surface area contributed by atoms with Gasteiger partial charge in [-0.05, 0) is 31.4 Å². The molecule has 0 aliphatic carbocycles. The molecule has 0 saturated heterocycles. The van der Waals surface area contributed by atoms with Crippen molar-refractivity contribution >= 4 is 11.6 Å². The average molecular weight is 297 g/mol. The molecule has 116 valence electrons. The molecule has 21 heavy (non-hydrogen) atoms. The Kier molecular flexibility index (Phi) is 5.37. The molecule has 3 N–H and O–H groups in total. The van der Waals surface area contributed by atoms with Crippen LogP contribution in [-0.4, -0.2) is 22.9 Å². The summed E-state index contributed by atoms with van der Waals surface area (Å²) in [6.45, 7) is 5.95. The molecule has 7 heteroatoms. The van der Waals surface area contributed by atoms with E-state index in [4.69, 9.17) is 5.73 Å². The number of hydrogen-bond donors (Lipinski definition) is 2. The van der Waals surface area contributed by atoms with Gasteiger partial charge in [-0.15, -0.1) is 0 Å². The Hall–Kier alpha value is -2.02. The first kappa shape index (κ1) is 17.0. The first-order valence-corrected chi connectivity index (χ1v) is 6.65. The first-order chi connectivity index (χ1) is 9.68. The van der Waals surface area contributed by atoms with E-state index in [-0.39, 0.29) is 12.1 Å². The lowest BCUT2D eigenvalue weighted by Gasteiger charge is -2.31. The number of halogens is 1. The molecule has 0 radical (unpaired) electrons. The van der Waals surface area contributed by atoms with E-state index in [0.29, 0.717) is 12.3 Å². The molecule has 0 aliphatic rings. The predicted molar refractivity (Wildman–Crippen MR) is 77.4 cm³/mol. The van der Waals surface area contributed by atoms with Crippen molar-refractivity contribution < 1.29 is 14.1 Å². The highest BCUT2D eigenvalue weighted by molar-refractivity contribution is 5.98. The maximum absolute atomic E-state index is 13.1. The number of hydrogen-bond acceptors (Lipinski definition) is 4. The van der Waals surface area contributed by atoms with Gasteiger partial charge in [-0.1, -0.05) is 13.8 Å². The molecule has 1 aromatic rings. The van der Waals surface area contributed by atoms with Crippen LogP contribution < -0.4 is 11.1 Å². The largest absolute Gasteiger partial charge is 0.345 e. The van der Waals surface area contributed by atoms with Crippen LogP contribution in [0.3, 0.4) is 0 Å². The van der Waals surface area contributed by atoms with E-state index in [9.17, 15) is 19.3 Å². The average Bonchev–Trinajstić information content (AvgIpc) is 2.37. The van der Waals surface area contributed by atoms with E-state index in [1.807, 2.05) is 13.8 Å². The third-order valence-corrected chi connectivity index (χ3v) is 3.13. The van der Waals surface area contributed by atoms with Crippen molar-refractivity contribution in [1.29, 1.82) is 0 Å². The van der Waals surface area contributed by atoms with Crippen molar-refractivity contribution in [2.45, 2.75) is 32.7 Å². The Balaban J connectivity index is 3.06. The number of nitrogens with zero attached hydrogens (tertiary/aromatic N) is 1. The van der Waals surface area contributed by atoms with Gasteiger partial charge in [-0.25, -0.2) is 4.39 Å². The monoisotopic (exact) mass is 297 g/mol. The number of carbonyl (C=O) groups is 1. The molecule has 0 fully saturated rings. The third kappa shape index (κ3) is 4.49. The summed E-state index contributed by atoms with van der Waals surface area (Å²) >= 11 is 0. The summed E-state index contributed by atoms with van der Waals surface area (Å²) in [7, 11) is 0. The van der Waals surface area contributed by atoms with Crippen molar-refractivity contribution in [3.8, 4) is 0 Å². The number of nitro groups is 1. The molecule has 0 bridgehead atoms. The van der Waals surface area contributed by atoms with Crippen molar-refractivity contribution in [3.63, 3.8) is 0 Å². The van der Waals surface area contributed by atoms with E-state index in [1.54, 1.807) is 6.92 Å². The van der Waals surface area contributed by atoms with Crippen molar-refractivity contribution in [2.24, 2.45) is 11.7 Å². The molecule has 6 nitrogen and oxygen atoms in total. The van der Waals surface area contributed by atoms with Gasteiger partial charge in [0.15, 0.2) is 0 Å². The minimum Gasteiger partial charge on any atom is -0.345 e. The maximum atomic E-state index is 13.1. The molecule has 1 unspecified atom stereocenters. The number of benzene rings is 1. The standard InChI is InChI=1S/C14H20FN3O3/c1-9(2)7-14(3,8-16)17-13(19)11-5-4-10(15)6-12(11)18(20)21/h4-6,9H,7-8,16H2,1-3H3,(H,17,19). The van der Waals surface area contributed by atoms with Crippen LogP contribution in [0.5, 0.6) is 0 Å². The zero-order valence-electron chi connectivity index (χ0n) is 12.4. The fourth-order valence-electron chi connectivity index (χ4n) is 2.28. The number of amides is 1. The van der Waals surface area contributed by atoms with E-state index in [0.717, 1.165) is 18.2 Å². The molecule has 1 atom stereocenters. The molecule has 0 saturated carbocycles. The van der Waals surface area contributed by atoms with E-state index in [1.165, 1.54) is 0 Å². The van der Waals surface area contributed by atoms with Gasteiger partial charge in [-0.3, -0.25) is 14.9 Å². The summed E-state index contributed by atoms with van der Waals surface area (Å²) in [4.78, 5) is 22.4. The zero-order chi connectivity index (χ0) is 16.2. The van der Waals surface area contributed by atoms with Gasteiger partial charge >= 0.3 is 0 Å². The number of nitrogens with two attached hydrogens (primary N) is 1. The second-order valence-electron chi connectivity index (χ2n) is 5.74. The van der Waals surface area contributed by atoms with Crippen LogP contribution in [0.25, 0.3) is 0 Å². The quantitative estimate of drug-likeness (QED) is 0.621. The van der Waals surface area contributed by atoms with Crippen LogP contribution >= 0.6 is 0 Å². The van der Waals surface area contributed by atoms with Crippen LogP contribution in [0.1, 0.15) is 37.6 Å². The van der Waals surface area contributed by atoms with Crippen LogP contribution in [0.15, 0.2) is 18.2 Å². The second-order valence-corrected chi connectivity index (χ2v) is 5.74. The van der Waals surface area contributed by atoms with Crippen LogP contribution in [-0.2, 0) is 0 Å². The smallest absolute Gasteiger partial charge is 0.285 e. The molecular formula is C14H20FN3O3. The lowest BCUT2D eigenvalue weighted by Crippen LogP contribution is -2.52. The summed E-state index contributed by atoms with van der Waals surface area (Å²) in [6.07, 6.45) is 0.629. The number of rotatable bonds is 6. The number of nitro benzene ring substituents is 1. The van der Waals surface area contributed by atoms with Gasteiger partial charge in [0, 0.05) is 12.1 Å². The molecule has 1 rings (SSSR count). The van der Waals surface area contributed by atoms with Crippen molar-refractivity contribution in [3.05, 3.63) is 39.7 Å². The molecule has 0 aromatic heterocycles. The Morgan fingerprint density at radius 2 is 2.14 bits per heavy atom. The SMILES string of the molecule is CC(C)CC(C)(CN)NC(=O)c1ccc(F)cc1[N+](=O)[O-]. The minimum absolute atomic E-state index is 0.176. The Morgan fingerprint density at radius 1 is 1.52 bits per heavy atom. The zero-order valence-corrected chi connectivity index (χ0v) is 12.4. The normalized spacial score (nSPS) is 13.8. The molecule has 0 aliphatic heterocycles. The molecule has 0 spiro atoms. The van der Waals surface area contributed by atoms with Crippen LogP contribution in [0.2, 0.25) is 0 Å². The lowest BCUT2D eigenvalue weighted by atomic mass is 9.90. The van der Waals surface area contributed by atoms with Gasteiger partial charge in [0.2, 0.25) is 0 Å². The fourth-order valence-corrected chi connectivity index (χ4v) is 2.28. The molecule has 1 aromatic carbocycles. The molecule has 0 heterocycles. The van der Waals surface area contributed by atoms with Gasteiger partial charge in [0.05, 0.1) is 11.0 Å². The fraction of sp³-hybridized carbons (Fsp3) is 0.500. The summed E-state index contributed by atoms with van der Waals surface area (Å²) in [5.41, 5.74) is 4.29. The number of carbonyl (C=O) groups excluding carboxylic acids is 1. The summed E-state index contributed by atoms with van der Waals surface area (Å²) in [5, 5.41) is 13.6. The Labute approximate surface area is 122 Å². The van der Waals surface area contributed by atoms with Gasteiger partial charge in [0.25, 0.3) is 11.6 Å². The van der Waals surface area contributed by atoms with Crippen LogP contribution in [0.4, 0.5) is 10.1 Å². The summed E-state index contributed by atoms with van der Waals surface area (Å²) < 4.78 is 13.1. The van der Waals surface area contributed by atoms with E-state index < -0.39 is 27.9 Å². The number of nitrogens with one attached hydrogen (secondary N) is 1. The van der Waals surface area contributed by atoms with Crippen molar-refractivity contribution in [1.82, 2.24) is 5.32 Å².